The molecule has 5 nitrogen and oxygen atoms in total. The molecular formula is C23H25N3O2. The lowest BCUT2D eigenvalue weighted by Gasteiger charge is -2.26. The molecule has 0 bridgehead atoms. The SMILES string of the molecule is CN(C)c1cccc(C(=O)NCC#Cc2ccc(N3CCCCC3=O)cc2)c1. The van der Waals surface area contributed by atoms with Crippen molar-refractivity contribution in [3.05, 3.63) is 59.7 Å². The first-order chi connectivity index (χ1) is 13.5. The number of carbonyl (C=O) groups excluding carboxylic acids is 2. The van der Waals surface area contributed by atoms with Gasteiger partial charge in [0.15, 0.2) is 0 Å². The molecule has 0 saturated carbocycles. The molecular weight excluding hydrogens is 350 g/mol. The first-order valence-electron chi connectivity index (χ1n) is 9.49. The lowest BCUT2D eigenvalue weighted by atomic mass is 10.1. The summed E-state index contributed by atoms with van der Waals surface area (Å²) in [6, 6.07) is 15.1. The number of amides is 2. The molecule has 1 N–H and O–H groups in total. The normalized spacial score (nSPS) is 13.5. The Morgan fingerprint density at radius 3 is 2.64 bits per heavy atom. The van der Waals surface area contributed by atoms with E-state index in [2.05, 4.69) is 17.2 Å². The highest BCUT2D eigenvalue weighted by Gasteiger charge is 2.19. The minimum Gasteiger partial charge on any atom is -0.378 e. The van der Waals surface area contributed by atoms with Gasteiger partial charge in [-0.3, -0.25) is 9.59 Å². The molecule has 3 rings (SSSR count). The number of hydrogen-bond acceptors (Lipinski definition) is 3. The highest BCUT2D eigenvalue weighted by atomic mass is 16.2. The van der Waals surface area contributed by atoms with Crippen molar-refractivity contribution in [2.75, 3.05) is 37.0 Å². The van der Waals surface area contributed by atoms with Crippen LogP contribution in [0.2, 0.25) is 0 Å². The van der Waals surface area contributed by atoms with Crippen molar-refractivity contribution in [2.24, 2.45) is 0 Å². The van der Waals surface area contributed by atoms with E-state index in [4.69, 9.17) is 0 Å². The highest BCUT2D eigenvalue weighted by molar-refractivity contribution is 5.95. The van der Waals surface area contributed by atoms with Crippen molar-refractivity contribution >= 4 is 23.2 Å². The van der Waals surface area contributed by atoms with Crippen molar-refractivity contribution in [3.63, 3.8) is 0 Å². The van der Waals surface area contributed by atoms with Gasteiger partial charge in [-0.1, -0.05) is 17.9 Å². The Hall–Kier alpha value is -3.26. The molecule has 5 heteroatoms. The van der Waals surface area contributed by atoms with E-state index in [-0.39, 0.29) is 18.4 Å². The van der Waals surface area contributed by atoms with Crippen LogP contribution in [0.25, 0.3) is 0 Å². The number of nitrogens with zero attached hydrogens (tertiary/aromatic N) is 2. The molecule has 1 aliphatic heterocycles. The Balaban J connectivity index is 1.55. The highest BCUT2D eigenvalue weighted by Crippen LogP contribution is 2.21. The smallest absolute Gasteiger partial charge is 0.252 e. The minimum atomic E-state index is -0.142. The Labute approximate surface area is 166 Å². The topological polar surface area (TPSA) is 52.7 Å². The molecule has 1 aliphatic rings. The molecule has 1 saturated heterocycles. The molecule has 2 aromatic carbocycles. The van der Waals surface area contributed by atoms with Crippen molar-refractivity contribution < 1.29 is 9.59 Å². The van der Waals surface area contributed by atoms with Crippen molar-refractivity contribution in [2.45, 2.75) is 19.3 Å². The number of carbonyl (C=O) groups is 2. The number of hydrogen-bond donors (Lipinski definition) is 1. The second-order valence-electron chi connectivity index (χ2n) is 6.98. The van der Waals surface area contributed by atoms with Crippen LogP contribution in [0.4, 0.5) is 11.4 Å². The van der Waals surface area contributed by atoms with Crippen LogP contribution >= 0.6 is 0 Å². The summed E-state index contributed by atoms with van der Waals surface area (Å²) in [6.07, 6.45) is 2.65. The fourth-order valence-corrected chi connectivity index (χ4v) is 3.10. The molecule has 1 heterocycles. The van der Waals surface area contributed by atoms with Crippen LogP contribution in [0.5, 0.6) is 0 Å². The molecule has 0 atom stereocenters. The van der Waals surface area contributed by atoms with E-state index >= 15 is 0 Å². The minimum absolute atomic E-state index is 0.142. The number of anilines is 2. The third-order valence-corrected chi connectivity index (χ3v) is 4.70. The van der Waals surface area contributed by atoms with Gasteiger partial charge in [0.1, 0.15) is 0 Å². The fraction of sp³-hybridized carbons (Fsp3) is 0.304. The van der Waals surface area contributed by atoms with Gasteiger partial charge in [-0.05, 0) is 55.3 Å². The third-order valence-electron chi connectivity index (χ3n) is 4.70. The van der Waals surface area contributed by atoms with Gasteiger partial charge in [-0.25, -0.2) is 0 Å². The quantitative estimate of drug-likeness (QED) is 0.836. The van der Waals surface area contributed by atoms with Gasteiger partial charge in [-0.2, -0.15) is 0 Å². The van der Waals surface area contributed by atoms with E-state index < -0.39 is 0 Å². The number of nitrogens with one attached hydrogen (secondary N) is 1. The Kier molecular flexibility index (Phi) is 6.33. The fourth-order valence-electron chi connectivity index (χ4n) is 3.10. The van der Waals surface area contributed by atoms with E-state index in [9.17, 15) is 9.59 Å². The van der Waals surface area contributed by atoms with Gasteiger partial charge < -0.3 is 15.1 Å². The molecule has 1 fully saturated rings. The predicted molar refractivity (Wildman–Crippen MR) is 113 cm³/mol. The van der Waals surface area contributed by atoms with Crippen molar-refractivity contribution in [3.8, 4) is 11.8 Å². The number of rotatable bonds is 4. The van der Waals surface area contributed by atoms with Crippen LogP contribution in [0.15, 0.2) is 48.5 Å². The summed E-state index contributed by atoms with van der Waals surface area (Å²) in [5, 5.41) is 2.82. The van der Waals surface area contributed by atoms with Crippen LogP contribution in [0.3, 0.4) is 0 Å². The van der Waals surface area contributed by atoms with Crippen LogP contribution in [-0.2, 0) is 4.79 Å². The zero-order valence-electron chi connectivity index (χ0n) is 16.4. The van der Waals surface area contributed by atoms with Crippen LogP contribution in [-0.4, -0.2) is 39.0 Å². The maximum absolute atomic E-state index is 12.2. The predicted octanol–water partition coefficient (Wildman–Crippen LogP) is 3.05. The van der Waals surface area contributed by atoms with Crippen molar-refractivity contribution in [1.82, 2.24) is 5.32 Å². The number of piperidine rings is 1. The van der Waals surface area contributed by atoms with Gasteiger partial charge in [0, 0.05) is 49.6 Å². The second-order valence-corrected chi connectivity index (χ2v) is 6.98. The third kappa shape index (κ3) is 4.92. The van der Waals surface area contributed by atoms with Gasteiger partial charge in [0.25, 0.3) is 5.91 Å². The molecule has 0 unspecified atom stereocenters. The van der Waals surface area contributed by atoms with Crippen LogP contribution in [0, 0.1) is 11.8 Å². The summed E-state index contributed by atoms with van der Waals surface area (Å²) < 4.78 is 0. The van der Waals surface area contributed by atoms with Gasteiger partial charge in [-0.15, -0.1) is 0 Å². The Morgan fingerprint density at radius 1 is 1.14 bits per heavy atom. The molecule has 2 amide bonds. The molecule has 28 heavy (non-hydrogen) atoms. The Bertz CT molecular complexity index is 907. The maximum Gasteiger partial charge on any atom is 0.252 e. The van der Waals surface area contributed by atoms with E-state index in [0.717, 1.165) is 36.3 Å². The zero-order valence-corrected chi connectivity index (χ0v) is 16.4. The average Bonchev–Trinajstić information content (AvgIpc) is 2.72. The zero-order chi connectivity index (χ0) is 19.9. The molecule has 0 radical (unpaired) electrons. The summed E-state index contributed by atoms with van der Waals surface area (Å²) in [5.74, 6) is 6.07. The summed E-state index contributed by atoms with van der Waals surface area (Å²) in [5.41, 5.74) is 3.37. The van der Waals surface area contributed by atoms with Gasteiger partial charge in [0.2, 0.25) is 5.91 Å². The maximum atomic E-state index is 12.2. The lowest BCUT2D eigenvalue weighted by molar-refractivity contribution is -0.119. The molecule has 144 valence electrons. The summed E-state index contributed by atoms with van der Waals surface area (Å²) in [7, 11) is 3.88. The molecule has 0 aliphatic carbocycles. The Morgan fingerprint density at radius 2 is 1.93 bits per heavy atom. The van der Waals surface area contributed by atoms with E-state index in [1.54, 1.807) is 6.07 Å². The van der Waals surface area contributed by atoms with E-state index in [1.165, 1.54) is 0 Å². The number of benzene rings is 2. The van der Waals surface area contributed by atoms with Crippen LogP contribution < -0.4 is 15.1 Å². The standard InChI is InChI=1S/C23H25N3O2/c1-25(2)21-9-5-8-19(17-21)23(28)24-15-6-7-18-11-13-20(14-12-18)26-16-4-3-10-22(26)27/h5,8-9,11-14,17H,3-4,10,15-16H2,1-2H3,(H,24,28). The summed E-state index contributed by atoms with van der Waals surface area (Å²) in [4.78, 5) is 28.0. The molecule has 2 aromatic rings. The average molecular weight is 375 g/mol. The summed E-state index contributed by atoms with van der Waals surface area (Å²) in [6.45, 7) is 1.06. The van der Waals surface area contributed by atoms with Gasteiger partial charge in [0.05, 0.1) is 6.54 Å². The lowest BCUT2D eigenvalue weighted by Crippen LogP contribution is -2.35. The monoisotopic (exact) mass is 375 g/mol. The first kappa shape index (κ1) is 19.5. The van der Waals surface area contributed by atoms with Gasteiger partial charge >= 0.3 is 0 Å². The van der Waals surface area contributed by atoms with Crippen molar-refractivity contribution in [1.29, 1.82) is 0 Å². The molecule has 0 spiro atoms. The summed E-state index contributed by atoms with van der Waals surface area (Å²) >= 11 is 0. The van der Waals surface area contributed by atoms with E-state index in [1.807, 2.05) is 66.4 Å². The first-order valence-corrected chi connectivity index (χ1v) is 9.49. The van der Waals surface area contributed by atoms with E-state index in [0.29, 0.717) is 12.0 Å². The van der Waals surface area contributed by atoms with Crippen LogP contribution in [0.1, 0.15) is 35.2 Å². The largest absolute Gasteiger partial charge is 0.378 e. The molecule has 0 aromatic heterocycles. The second kappa shape index (κ2) is 9.09.